The standard InChI is InChI=1S/C14H22BrNO/c1-14(2,3)6-7-17-10-12-5-4-11(9-16)8-13(12)15/h4-5,8H,6-7,9-10,16H2,1-3H3. The molecule has 0 spiro atoms. The van der Waals surface area contributed by atoms with Gasteiger partial charge in [-0.2, -0.15) is 0 Å². The van der Waals surface area contributed by atoms with E-state index in [1.807, 2.05) is 6.07 Å². The molecule has 3 heteroatoms. The molecule has 0 saturated heterocycles. The summed E-state index contributed by atoms with van der Waals surface area (Å²) in [7, 11) is 0. The molecule has 0 heterocycles. The van der Waals surface area contributed by atoms with Crippen LogP contribution in [0.4, 0.5) is 0 Å². The molecule has 1 rings (SSSR count). The third kappa shape index (κ3) is 5.66. The molecule has 0 aliphatic carbocycles. The molecule has 96 valence electrons. The molecular weight excluding hydrogens is 278 g/mol. The minimum Gasteiger partial charge on any atom is -0.377 e. The van der Waals surface area contributed by atoms with E-state index in [1.54, 1.807) is 0 Å². The number of benzene rings is 1. The third-order valence-electron chi connectivity index (χ3n) is 2.61. The van der Waals surface area contributed by atoms with E-state index in [2.05, 4.69) is 48.8 Å². The normalized spacial score (nSPS) is 11.8. The van der Waals surface area contributed by atoms with Crippen molar-refractivity contribution in [2.45, 2.75) is 40.3 Å². The largest absolute Gasteiger partial charge is 0.377 e. The van der Waals surface area contributed by atoms with Crippen LogP contribution < -0.4 is 5.73 Å². The van der Waals surface area contributed by atoms with E-state index >= 15 is 0 Å². The second-order valence-electron chi connectivity index (χ2n) is 5.49. The Kier molecular flexibility index (Phi) is 5.63. The van der Waals surface area contributed by atoms with Gasteiger partial charge in [0.1, 0.15) is 0 Å². The molecule has 0 aromatic heterocycles. The van der Waals surface area contributed by atoms with E-state index in [0.717, 1.165) is 23.1 Å². The molecule has 0 unspecified atom stereocenters. The van der Waals surface area contributed by atoms with Crippen molar-refractivity contribution in [1.82, 2.24) is 0 Å². The van der Waals surface area contributed by atoms with Gasteiger partial charge < -0.3 is 10.5 Å². The van der Waals surface area contributed by atoms with E-state index in [1.165, 1.54) is 5.56 Å². The highest BCUT2D eigenvalue weighted by Gasteiger charge is 2.09. The van der Waals surface area contributed by atoms with Gasteiger partial charge in [0.05, 0.1) is 6.61 Å². The summed E-state index contributed by atoms with van der Waals surface area (Å²) in [6.07, 6.45) is 1.07. The van der Waals surface area contributed by atoms with Gasteiger partial charge in [-0.15, -0.1) is 0 Å². The summed E-state index contributed by atoms with van der Waals surface area (Å²) in [4.78, 5) is 0. The van der Waals surface area contributed by atoms with Crippen LogP contribution in [0.3, 0.4) is 0 Å². The van der Waals surface area contributed by atoms with Crippen LogP contribution in [0.5, 0.6) is 0 Å². The predicted molar refractivity (Wildman–Crippen MR) is 75.8 cm³/mol. The number of hydrogen-bond acceptors (Lipinski definition) is 2. The molecule has 0 amide bonds. The van der Waals surface area contributed by atoms with Crippen LogP contribution >= 0.6 is 15.9 Å². The lowest BCUT2D eigenvalue weighted by atomic mass is 9.93. The molecule has 0 radical (unpaired) electrons. The van der Waals surface area contributed by atoms with Crippen molar-refractivity contribution in [3.63, 3.8) is 0 Å². The van der Waals surface area contributed by atoms with Gasteiger partial charge in [0, 0.05) is 17.6 Å². The van der Waals surface area contributed by atoms with Crippen molar-refractivity contribution in [2.75, 3.05) is 6.61 Å². The van der Waals surface area contributed by atoms with Crippen molar-refractivity contribution in [3.05, 3.63) is 33.8 Å². The Morgan fingerprint density at radius 2 is 2.00 bits per heavy atom. The summed E-state index contributed by atoms with van der Waals surface area (Å²) < 4.78 is 6.77. The maximum Gasteiger partial charge on any atom is 0.0727 e. The molecule has 0 atom stereocenters. The molecular formula is C14H22BrNO. The Balaban J connectivity index is 2.42. The molecule has 0 aliphatic rings. The number of halogens is 1. The maximum absolute atomic E-state index is 5.69. The monoisotopic (exact) mass is 299 g/mol. The van der Waals surface area contributed by atoms with Crippen LogP contribution in [0.2, 0.25) is 0 Å². The second-order valence-corrected chi connectivity index (χ2v) is 6.35. The molecule has 2 nitrogen and oxygen atoms in total. The fraction of sp³-hybridized carbons (Fsp3) is 0.571. The summed E-state index contributed by atoms with van der Waals surface area (Å²) in [5, 5.41) is 0. The van der Waals surface area contributed by atoms with Crippen LogP contribution in [0.15, 0.2) is 22.7 Å². The van der Waals surface area contributed by atoms with Gasteiger partial charge in [-0.25, -0.2) is 0 Å². The first kappa shape index (κ1) is 14.7. The lowest BCUT2D eigenvalue weighted by molar-refractivity contribution is 0.0959. The summed E-state index contributed by atoms with van der Waals surface area (Å²) in [6, 6.07) is 6.18. The first-order valence-corrected chi connectivity index (χ1v) is 6.77. The molecule has 0 aliphatic heterocycles. The number of ether oxygens (including phenoxy) is 1. The predicted octanol–water partition coefficient (Wildman–Crippen LogP) is 3.86. The van der Waals surface area contributed by atoms with E-state index in [9.17, 15) is 0 Å². The van der Waals surface area contributed by atoms with Crippen molar-refractivity contribution in [2.24, 2.45) is 11.1 Å². The Hall–Kier alpha value is -0.380. The Morgan fingerprint density at radius 1 is 1.29 bits per heavy atom. The Labute approximate surface area is 113 Å². The van der Waals surface area contributed by atoms with Crippen molar-refractivity contribution in [1.29, 1.82) is 0 Å². The van der Waals surface area contributed by atoms with Gasteiger partial charge in [0.2, 0.25) is 0 Å². The summed E-state index contributed by atoms with van der Waals surface area (Å²) >= 11 is 3.54. The van der Waals surface area contributed by atoms with Crippen LogP contribution in [0.1, 0.15) is 38.3 Å². The van der Waals surface area contributed by atoms with Crippen LogP contribution in [-0.2, 0) is 17.9 Å². The maximum atomic E-state index is 5.69. The van der Waals surface area contributed by atoms with Crippen molar-refractivity contribution in [3.8, 4) is 0 Å². The third-order valence-corrected chi connectivity index (χ3v) is 3.35. The summed E-state index contributed by atoms with van der Waals surface area (Å²) in [5.41, 5.74) is 8.23. The van der Waals surface area contributed by atoms with Gasteiger partial charge in [0.15, 0.2) is 0 Å². The highest BCUT2D eigenvalue weighted by molar-refractivity contribution is 9.10. The van der Waals surface area contributed by atoms with E-state index in [0.29, 0.717) is 18.6 Å². The molecule has 0 fully saturated rings. The molecule has 0 bridgehead atoms. The summed E-state index contributed by atoms with van der Waals surface area (Å²) in [6.45, 7) is 8.70. The Bertz CT molecular complexity index is 358. The highest BCUT2D eigenvalue weighted by Crippen LogP contribution is 2.21. The van der Waals surface area contributed by atoms with Gasteiger partial charge in [-0.3, -0.25) is 0 Å². The van der Waals surface area contributed by atoms with Gasteiger partial charge >= 0.3 is 0 Å². The molecule has 0 saturated carbocycles. The number of nitrogens with two attached hydrogens (primary N) is 1. The van der Waals surface area contributed by atoms with E-state index in [4.69, 9.17) is 10.5 Å². The van der Waals surface area contributed by atoms with Crippen LogP contribution in [0, 0.1) is 5.41 Å². The van der Waals surface area contributed by atoms with Gasteiger partial charge in [-0.05, 0) is 29.0 Å². The van der Waals surface area contributed by atoms with E-state index < -0.39 is 0 Å². The second kappa shape index (κ2) is 6.53. The van der Waals surface area contributed by atoms with Crippen LogP contribution in [0.25, 0.3) is 0 Å². The average Bonchev–Trinajstić information content (AvgIpc) is 2.24. The van der Waals surface area contributed by atoms with Crippen molar-refractivity contribution >= 4 is 15.9 Å². The molecule has 1 aromatic carbocycles. The fourth-order valence-electron chi connectivity index (χ4n) is 1.40. The topological polar surface area (TPSA) is 35.2 Å². The SMILES string of the molecule is CC(C)(C)CCOCc1ccc(CN)cc1Br. The van der Waals surface area contributed by atoms with Crippen LogP contribution in [-0.4, -0.2) is 6.61 Å². The van der Waals surface area contributed by atoms with Gasteiger partial charge in [0.25, 0.3) is 0 Å². The van der Waals surface area contributed by atoms with Crippen molar-refractivity contribution < 1.29 is 4.74 Å². The zero-order valence-corrected chi connectivity index (χ0v) is 12.5. The zero-order chi connectivity index (χ0) is 12.9. The number of rotatable bonds is 5. The highest BCUT2D eigenvalue weighted by atomic mass is 79.9. The lowest BCUT2D eigenvalue weighted by Gasteiger charge is -2.17. The zero-order valence-electron chi connectivity index (χ0n) is 10.9. The number of hydrogen-bond donors (Lipinski definition) is 1. The van der Waals surface area contributed by atoms with E-state index in [-0.39, 0.29) is 0 Å². The molecule has 17 heavy (non-hydrogen) atoms. The smallest absolute Gasteiger partial charge is 0.0727 e. The first-order valence-electron chi connectivity index (χ1n) is 5.97. The first-order chi connectivity index (χ1) is 7.92. The fourth-order valence-corrected chi connectivity index (χ4v) is 1.94. The Morgan fingerprint density at radius 3 is 2.53 bits per heavy atom. The quantitative estimate of drug-likeness (QED) is 0.838. The summed E-state index contributed by atoms with van der Waals surface area (Å²) in [5.74, 6) is 0. The average molecular weight is 300 g/mol. The lowest BCUT2D eigenvalue weighted by Crippen LogP contribution is -2.09. The molecule has 2 N–H and O–H groups in total. The van der Waals surface area contributed by atoms with Gasteiger partial charge in [-0.1, -0.05) is 48.8 Å². The minimum absolute atomic E-state index is 0.334. The minimum atomic E-state index is 0.334. The molecule has 1 aromatic rings.